The fourth-order valence-electron chi connectivity index (χ4n) is 1.79. The number of ether oxygens (including phenoxy) is 1. The first-order chi connectivity index (χ1) is 9.97. The molecule has 2 aromatic rings. The lowest BCUT2D eigenvalue weighted by atomic mass is 10.1. The van der Waals surface area contributed by atoms with Gasteiger partial charge in [-0.15, -0.1) is 0 Å². The lowest BCUT2D eigenvalue weighted by molar-refractivity contribution is 0.0600. The van der Waals surface area contributed by atoms with Crippen molar-refractivity contribution in [1.82, 2.24) is 4.98 Å². The van der Waals surface area contributed by atoms with Gasteiger partial charge in [-0.3, -0.25) is 4.79 Å². The summed E-state index contributed by atoms with van der Waals surface area (Å²) in [5.74, 6) is -0.774. The summed E-state index contributed by atoms with van der Waals surface area (Å²) in [5, 5.41) is 9.72. The van der Waals surface area contributed by atoms with Gasteiger partial charge in [-0.25, -0.2) is 4.79 Å². The quantitative estimate of drug-likeness (QED) is 0.861. The van der Waals surface area contributed by atoms with Crippen molar-refractivity contribution >= 4 is 29.2 Å². The molecular formula is C14H8Cl2N2O3. The van der Waals surface area contributed by atoms with E-state index >= 15 is 0 Å². The van der Waals surface area contributed by atoms with E-state index in [9.17, 15) is 9.59 Å². The van der Waals surface area contributed by atoms with Gasteiger partial charge < -0.3 is 9.72 Å². The van der Waals surface area contributed by atoms with E-state index in [0.29, 0.717) is 21.3 Å². The van der Waals surface area contributed by atoms with Crippen molar-refractivity contribution in [2.45, 2.75) is 0 Å². The average molecular weight is 323 g/mol. The molecule has 0 aliphatic rings. The Morgan fingerprint density at radius 2 is 2.05 bits per heavy atom. The van der Waals surface area contributed by atoms with Crippen LogP contribution in [-0.4, -0.2) is 18.1 Å². The molecule has 0 radical (unpaired) electrons. The van der Waals surface area contributed by atoms with Crippen molar-refractivity contribution in [3.05, 3.63) is 55.8 Å². The number of aromatic nitrogens is 1. The summed E-state index contributed by atoms with van der Waals surface area (Å²) >= 11 is 11.9. The van der Waals surface area contributed by atoms with Crippen LogP contribution in [0.4, 0.5) is 0 Å². The van der Waals surface area contributed by atoms with E-state index in [2.05, 4.69) is 9.72 Å². The van der Waals surface area contributed by atoms with Crippen LogP contribution in [0, 0.1) is 11.3 Å². The number of H-pyrrole nitrogens is 1. The van der Waals surface area contributed by atoms with Crippen LogP contribution in [0.5, 0.6) is 0 Å². The van der Waals surface area contributed by atoms with Gasteiger partial charge in [-0.2, -0.15) is 5.26 Å². The summed E-state index contributed by atoms with van der Waals surface area (Å²) in [6, 6.07) is 7.73. The fraction of sp³-hybridized carbons (Fsp3) is 0.0714. The molecule has 0 bridgehead atoms. The number of carbonyl (C=O) groups excluding carboxylic acids is 1. The predicted molar refractivity (Wildman–Crippen MR) is 78.6 cm³/mol. The van der Waals surface area contributed by atoms with E-state index in [-0.39, 0.29) is 11.1 Å². The number of pyridine rings is 1. The second kappa shape index (κ2) is 6.00. The maximum atomic E-state index is 11.9. The highest BCUT2D eigenvalue weighted by Crippen LogP contribution is 2.29. The Morgan fingerprint density at radius 3 is 2.62 bits per heavy atom. The summed E-state index contributed by atoms with van der Waals surface area (Å²) in [4.78, 5) is 26.1. The lowest BCUT2D eigenvalue weighted by Crippen LogP contribution is -2.18. The number of nitrogens with zero attached hydrogens (tertiary/aromatic N) is 1. The van der Waals surface area contributed by atoms with Crippen molar-refractivity contribution in [2.75, 3.05) is 7.11 Å². The van der Waals surface area contributed by atoms with Crippen molar-refractivity contribution < 1.29 is 9.53 Å². The van der Waals surface area contributed by atoms with Crippen LogP contribution in [0.1, 0.15) is 15.9 Å². The molecular weight excluding hydrogens is 315 g/mol. The Kier molecular flexibility index (Phi) is 4.32. The van der Waals surface area contributed by atoms with Gasteiger partial charge >= 0.3 is 5.97 Å². The van der Waals surface area contributed by atoms with Gasteiger partial charge in [0.1, 0.15) is 11.6 Å². The Hall–Kier alpha value is -2.29. The zero-order valence-corrected chi connectivity index (χ0v) is 12.2. The monoisotopic (exact) mass is 322 g/mol. The van der Waals surface area contributed by atoms with Crippen molar-refractivity contribution in [3.8, 4) is 17.3 Å². The molecule has 1 N–H and O–H groups in total. The van der Waals surface area contributed by atoms with E-state index in [1.807, 2.05) is 0 Å². The first kappa shape index (κ1) is 15.1. The van der Waals surface area contributed by atoms with E-state index in [0.717, 1.165) is 0 Å². The van der Waals surface area contributed by atoms with Gasteiger partial charge in [0.25, 0.3) is 5.56 Å². The molecule has 106 valence electrons. The number of hydrogen-bond donors (Lipinski definition) is 1. The third-order valence-corrected chi connectivity index (χ3v) is 3.32. The Bertz CT molecular complexity index is 822. The molecule has 5 nitrogen and oxygen atoms in total. The number of rotatable bonds is 2. The van der Waals surface area contributed by atoms with Gasteiger partial charge in [-0.05, 0) is 24.3 Å². The van der Waals surface area contributed by atoms with E-state index in [1.165, 1.54) is 19.2 Å². The molecule has 2 rings (SSSR count). The van der Waals surface area contributed by atoms with Crippen LogP contribution in [0.15, 0.2) is 29.1 Å². The highest BCUT2D eigenvalue weighted by atomic mass is 35.5. The van der Waals surface area contributed by atoms with Crippen molar-refractivity contribution in [3.63, 3.8) is 0 Å². The number of halogens is 2. The summed E-state index contributed by atoms with van der Waals surface area (Å²) in [7, 11) is 1.17. The summed E-state index contributed by atoms with van der Waals surface area (Å²) < 4.78 is 4.58. The van der Waals surface area contributed by atoms with Gasteiger partial charge in [-0.1, -0.05) is 23.2 Å². The molecule has 21 heavy (non-hydrogen) atoms. The lowest BCUT2D eigenvalue weighted by Gasteiger charge is -2.08. The Morgan fingerprint density at radius 1 is 1.33 bits per heavy atom. The second-order valence-electron chi connectivity index (χ2n) is 4.03. The standard InChI is InChI=1S/C14H8Cl2N2O3/c1-21-14(20)9-5-12(18-13(19)10(9)6-17)8-3-2-7(15)4-11(8)16/h2-5H,1H3,(H,18,19). The molecule has 1 heterocycles. The molecule has 0 spiro atoms. The predicted octanol–water partition coefficient (Wildman–Crippen LogP) is 3.01. The Labute approximate surface area is 129 Å². The third-order valence-electron chi connectivity index (χ3n) is 2.77. The minimum Gasteiger partial charge on any atom is -0.465 e. The van der Waals surface area contributed by atoms with Gasteiger partial charge in [0.15, 0.2) is 0 Å². The van der Waals surface area contributed by atoms with Gasteiger partial charge in [0.2, 0.25) is 0 Å². The highest BCUT2D eigenvalue weighted by Gasteiger charge is 2.18. The minimum absolute atomic E-state index is 0.121. The summed E-state index contributed by atoms with van der Waals surface area (Å²) in [6.45, 7) is 0. The first-order valence-corrected chi connectivity index (χ1v) is 6.44. The molecule has 1 aromatic heterocycles. The number of aromatic amines is 1. The van der Waals surface area contributed by atoms with Crippen LogP contribution in [0.3, 0.4) is 0 Å². The molecule has 1 aromatic carbocycles. The normalized spacial score (nSPS) is 10.0. The summed E-state index contributed by atoms with van der Waals surface area (Å²) in [6.07, 6.45) is 0. The maximum absolute atomic E-state index is 11.9. The van der Waals surface area contributed by atoms with E-state index in [1.54, 1.807) is 18.2 Å². The number of nitriles is 1. The molecule has 7 heteroatoms. The second-order valence-corrected chi connectivity index (χ2v) is 4.87. The van der Waals surface area contributed by atoms with E-state index < -0.39 is 11.5 Å². The molecule has 0 unspecified atom stereocenters. The molecule has 0 atom stereocenters. The first-order valence-electron chi connectivity index (χ1n) is 5.69. The van der Waals surface area contributed by atoms with Crippen molar-refractivity contribution in [1.29, 1.82) is 5.26 Å². The molecule has 0 amide bonds. The van der Waals surface area contributed by atoms with Crippen LogP contribution in [0.25, 0.3) is 11.3 Å². The van der Waals surface area contributed by atoms with Gasteiger partial charge in [0, 0.05) is 10.6 Å². The number of carbonyl (C=O) groups is 1. The number of esters is 1. The number of benzene rings is 1. The fourth-order valence-corrected chi connectivity index (χ4v) is 2.30. The molecule has 0 saturated carbocycles. The largest absolute Gasteiger partial charge is 0.465 e. The highest BCUT2D eigenvalue weighted by molar-refractivity contribution is 6.36. The SMILES string of the molecule is COC(=O)c1cc(-c2ccc(Cl)cc2Cl)[nH]c(=O)c1C#N. The molecule has 0 aliphatic heterocycles. The van der Waals surface area contributed by atoms with Crippen LogP contribution in [0.2, 0.25) is 10.0 Å². The van der Waals surface area contributed by atoms with E-state index in [4.69, 9.17) is 28.5 Å². The number of methoxy groups -OCH3 is 1. The zero-order valence-electron chi connectivity index (χ0n) is 10.7. The van der Waals surface area contributed by atoms with Crippen molar-refractivity contribution in [2.24, 2.45) is 0 Å². The molecule has 0 saturated heterocycles. The smallest absolute Gasteiger partial charge is 0.339 e. The minimum atomic E-state index is -0.774. The number of hydrogen-bond acceptors (Lipinski definition) is 4. The average Bonchev–Trinajstić information content (AvgIpc) is 2.45. The van der Waals surface area contributed by atoms with Crippen LogP contribution in [-0.2, 0) is 4.74 Å². The maximum Gasteiger partial charge on any atom is 0.339 e. The number of nitrogens with one attached hydrogen (secondary N) is 1. The summed E-state index contributed by atoms with van der Waals surface area (Å²) in [5.41, 5.74) is -0.351. The third kappa shape index (κ3) is 2.92. The molecule has 0 aliphatic carbocycles. The van der Waals surface area contributed by atoms with Crippen LogP contribution >= 0.6 is 23.2 Å². The zero-order chi connectivity index (χ0) is 15.6. The molecule has 0 fully saturated rings. The Balaban J connectivity index is 2.72. The van der Waals surface area contributed by atoms with Crippen LogP contribution < -0.4 is 5.56 Å². The van der Waals surface area contributed by atoms with Gasteiger partial charge in [0.05, 0.1) is 23.4 Å². The topological polar surface area (TPSA) is 83.0 Å².